The maximum atomic E-state index is 13.4. The van der Waals surface area contributed by atoms with E-state index in [2.05, 4.69) is 5.32 Å². The van der Waals surface area contributed by atoms with Crippen LogP contribution in [0, 0.1) is 11.2 Å². The predicted octanol–water partition coefficient (Wildman–Crippen LogP) is 1.38. The highest BCUT2D eigenvalue weighted by Gasteiger charge is 2.42. The Labute approximate surface area is 116 Å². The van der Waals surface area contributed by atoms with Crippen molar-refractivity contribution in [2.24, 2.45) is 16.9 Å². The number of anilines is 1. The van der Waals surface area contributed by atoms with E-state index in [9.17, 15) is 14.0 Å². The lowest BCUT2D eigenvalue weighted by molar-refractivity contribution is -0.125. The fourth-order valence-electron chi connectivity index (χ4n) is 2.54. The van der Waals surface area contributed by atoms with Gasteiger partial charge in [0.05, 0.1) is 11.0 Å². The molecule has 2 atom stereocenters. The van der Waals surface area contributed by atoms with E-state index in [0.717, 1.165) is 18.9 Å². The molecule has 6 heteroatoms. The zero-order valence-electron chi connectivity index (χ0n) is 11.3. The van der Waals surface area contributed by atoms with E-state index in [1.807, 2.05) is 6.92 Å². The van der Waals surface area contributed by atoms with Gasteiger partial charge in [-0.25, -0.2) is 4.39 Å². The Hall–Kier alpha value is -1.95. The van der Waals surface area contributed by atoms with Crippen molar-refractivity contribution in [3.63, 3.8) is 0 Å². The number of nitrogens with one attached hydrogen (secondary N) is 1. The second kappa shape index (κ2) is 5.20. The summed E-state index contributed by atoms with van der Waals surface area (Å²) < 4.78 is 13.4. The van der Waals surface area contributed by atoms with Crippen molar-refractivity contribution in [3.8, 4) is 0 Å². The van der Waals surface area contributed by atoms with Crippen LogP contribution >= 0.6 is 0 Å². The molecule has 0 heterocycles. The molecule has 2 unspecified atom stereocenters. The molecule has 1 fully saturated rings. The number of amides is 2. The molecule has 0 bridgehead atoms. The Morgan fingerprint density at radius 2 is 2.15 bits per heavy atom. The van der Waals surface area contributed by atoms with Gasteiger partial charge in [0.1, 0.15) is 5.82 Å². The SMILES string of the molecule is CC1(C(=O)Nc2ccc(F)c(C(N)=O)c2)CCCC1N. The second-order valence-corrected chi connectivity index (χ2v) is 5.43. The Kier molecular flexibility index (Phi) is 3.76. The Bertz CT molecular complexity index is 561. The van der Waals surface area contributed by atoms with Crippen molar-refractivity contribution in [3.05, 3.63) is 29.6 Å². The fraction of sp³-hybridized carbons (Fsp3) is 0.429. The van der Waals surface area contributed by atoms with Crippen LogP contribution in [0.1, 0.15) is 36.5 Å². The molecule has 0 aliphatic heterocycles. The van der Waals surface area contributed by atoms with Crippen molar-refractivity contribution < 1.29 is 14.0 Å². The summed E-state index contributed by atoms with van der Waals surface area (Å²) in [6, 6.07) is 3.54. The van der Waals surface area contributed by atoms with E-state index in [1.54, 1.807) is 0 Å². The largest absolute Gasteiger partial charge is 0.366 e. The van der Waals surface area contributed by atoms with Gasteiger partial charge in [-0.15, -0.1) is 0 Å². The normalized spacial score (nSPS) is 25.4. The van der Waals surface area contributed by atoms with E-state index >= 15 is 0 Å². The van der Waals surface area contributed by atoms with Crippen LogP contribution in [0.4, 0.5) is 10.1 Å². The third-order valence-electron chi connectivity index (χ3n) is 4.04. The van der Waals surface area contributed by atoms with Gasteiger partial charge in [0.15, 0.2) is 0 Å². The zero-order chi connectivity index (χ0) is 14.9. The van der Waals surface area contributed by atoms with Gasteiger partial charge in [-0.2, -0.15) is 0 Å². The van der Waals surface area contributed by atoms with Gasteiger partial charge in [0, 0.05) is 11.7 Å². The molecule has 5 N–H and O–H groups in total. The molecule has 0 spiro atoms. The van der Waals surface area contributed by atoms with Crippen molar-refractivity contribution in [1.82, 2.24) is 0 Å². The minimum atomic E-state index is -0.873. The molecule has 2 amide bonds. The number of rotatable bonds is 3. The number of halogens is 1. The Morgan fingerprint density at radius 1 is 1.45 bits per heavy atom. The smallest absolute Gasteiger partial charge is 0.251 e. The molecule has 20 heavy (non-hydrogen) atoms. The van der Waals surface area contributed by atoms with Gasteiger partial charge in [-0.3, -0.25) is 9.59 Å². The van der Waals surface area contributed by atoms with Crippen LogP contribution in [0.2, 0.25) is 0 Å². The summed E-state index contributed by atoms with van der Waals surface area (Å²) >= 11 is 0. The average Bonchev–Trinajstić information content (AvgIpc) is 2.73. The van der Waals surface area contributed by atoms with Gasteiger partial charge >= 0.3 is 0 Å². The molecular weight excluding hydrogens is 261 g/mol. The molecule has 1 aromatic rings. The number of primary amides is 1. The number of carbonyl (C=O) groups excluding carboxylic acids is 2. The van der Waals surface area contributed by atoms with Crippen LogP contribution in [-0.2, 0) is 4.79 Å². The van der Waals surface area contributed by atoms with E-state index in [0.29, 0.717) is 12.1 Å². The highest BCUT2D eigenvalue weighted by Crippen LogP contribution is 2.37. The number of carbonyl (C=O) groups is 2. The van der Waals surface area contributed by atoms with Crippen LogP contribution in [-0.4, -0.2) is 17.9 Å². The van der Waals surface area contributed by atoms with E-state index < -0.39 is 17.1 Å². The minimum absolute atomic E-state index is 0.196. The maximum absolute atomic E-state index is 13.4. The van der Waals surface area contributed by atoms with Crippen LogP contribution in [0.5, 0.6) is 0 Å². The van der Waals surface area contributed by atoms with Gasteiger partial charge in [-0.05, 0) is 38.0 Å². The number of nitrogens with two attached hydrogens (primary N) is 2. The average molecular weight is 279 g/mol. The Balaban J connectivity index is 2.20. The van der Waals surface area contributed by atoms with Gasteiger partial charge < -0.3 is 16.8 Å². The lowest BCUT2D eigenvalue weighted by Crippen LogP contribution is -2.44. The van der Waals surface area contributed by atoms with Gasteiger partial charge in [0.2, 0.25) is 5.91 Å². The predicted molar refractivity (Wildman–Crippen MR) is 73.5 cm³/mol. The van der Waals surface area contributed by atoms with Gasteiger partial charge in [-0.1, -0.05) is 6.42 Å². The summed E-state index contributed by atoms with van der Waals surface area (Å²) in [5, 5.41) is 2.68. The summed E-state index contributed by atoms with van der Waals surface area (Å²) in [5.74, 6) is -1.80. The zero-order valence-corrected chi connectivity index (χ0v) is 11.3. The summed E-state index contributed by atoms with van der Waals surface area (Å²) in [6.07, 6.45) is 2.42. The van der Waals surface area contributed by atoms with Crippen molar-refractivity contribution in [2.45, 2.75) is 32.2 Å². The molecule has 108 valence electrons. The highest BCUT2D eigenvalue weighted by molar-refractivity contribution is 5.98. The first-order valence-corrected chi connectivity index (χ1v) is 6.51. The third kappa shape index (κ3) is 2.51. The van der Waals surface area contributed by atoms with Gasteiger partial charge in [0.25, 0.3) is 5.91 Å². The summed E-state index contributed by atoms with van der Waals surface area (Å²) in [5.41, 5.74) is 10.5. The third-order valence-corrected chi connectivity index (χ3v) is 4.04. The molecule has 0 saturated heterocycles. The van der Waals surface area contributed by atoms with Crippen LogP contribution < -0.4 is 16.8 Å². The molecular formula is C14H18FN3O2. The van der Waals surface area contributed by atoms with E-state index in [1.165, 1.54) is 12.1 Å². The molecule has 0 aromatic heterocycles. The number of benzene rings is 1. The van der Waals surface area contributed by atoms with Crippen LogP contribution in [0.3, 0.4) is 0 Å². The molecule has 1 aliphatic carbocycles. The molecule has 1 aliphatic rings. The Morgan fingerprint density at radius 3 is 2.70 bits per heavy atom. The molecule has 0 radical (unpaired) electrons. The lowest BCUT2D eigenvalue weighted by atomic mass is 9.84. The van der Waals surface area contributed by atoms with Crippen molar-refractivity contribution in [2.75, 3.05) is 5.32 Å². The number of hydrogen-bond acceptors (Lipinski definition) is 3. The lowest BCUT2D eigenvalue weighted by Gasteiger charge is -2.27. The quantitative estimate of drug-likeness (QED) is 0.779. The van der Waals surface area contributed by atoms with E-state index in [4.69, 9.17) is 11.5 Å². The summed E-state index contributed by atoms with van der Waals surface area (Å²) in [6.45, 7) is 1.82. The fourth-order valence-corrected chi connectivity index (χ4v) is 2.54. The standard InChI is InChI=1S/C14H18FN3O2/c1-14(6-2-3-11(14)16)13(20)18-8-4-5-10(15)9(7-8)12(17)19/h4-5,7,11H,2-3,6,16H2,1H3,(H2,17,19)(H,18,20). The highest BCUT2D eigenvalue weighted by atomic mass is 19.1. The molecule has 2 rings (SSSR count). The first kappa shape index (κ1) is 14.5. The molecule has 1 saturated carbocycles. The minimum Gasteiger partial charge on any atom is -0.366 e. The first-order chi connectivity index (χ1) is 9.34. The second-order valence-electron chi connectivity index (χ2n) is 5.43. The monoisotopic (exact) mass is 279 g/mol. The maximum Gasteiger partial charge on any atom is 0.251 e. The van der Waals surface area contributed by atoms with Crippen LogP contribution in [0.15, 0.2) is 18.2 Å². The van der Waals surface area contributed by atoms with Crippen LogP contribution in [0.25, 0.3) is 0 Å². The number of hydrogen-bond donors (Lipinski definition) is 3. The van der Waals surface area contributed by atoms with Crippen molar-refractivity contribution in [1.29, 1.82) is 0 Å². The molecule has 5 nitrogen and oxygen atoms in total. The molecule has 1 aromatic carbocycles. The topological polar surface area (TPSA) is 98.2 Å². The van der Waals surface area contributed by atoms with E-state index in [-0.39, 0.29) is 17.5 Å². The first-order valence-electron chi connectivity index (χ1n) is 6.51. The summed E-state index contributed by atoms with van der Waals surface area (Å²) in [7, 11) is 0. The van der Waals surface area contributed by atoms with Crippen molar-refractivity contribution >= 4 is 17.5 Å². The summed E-state index contributed by atoms with van der Waals surface area (Å²) in [4.78, 5) is 23.4.